The van der Waals surface area contributed by atoms with E-state index in [0.29, 0.717) is 5.91 Å². The third-order valence-electron chi connectivity index (χ3n) is 5.72. The van der Waals surface area contributed by atoms with Crippen LogP contribution in [-0.4, -0.2) is 61.5 Å². The Bertz CT molecular complexity index is 547. The molecule has 3 aliphatic rings. The van der Waals surface area contributed by atoms with E-state index in [0.717, 1.165) is 43.6 Å². The summed E-state index contributed by atoms with van der Waals surface area (Å²) in [6, 6.07) is 10.2. The molecule has 118 valence electrons. The number of benzene rings is 1. The third kappa shape index (κ3) is 2.44. The second-order valence-electron chi connectivity index (χ2n) is 7.15. The van der Waals surface area contributed by atoms with E-state index in [1.165, 1.54) is 19.5 Å². The Morgan fingerprint density at radius 1 is 0.955 bits per heavy atom. The minimum Gasteiger partial charge on any atom is -0.311 e. The summed E-state index contributed by atoms with van der Waals surface area (Å²) in [6.45, 7) is 5.50. The van der Waals surface area contributed by atoms with E-state index in [9.17, 15) is 4.79 Å². The molecule has 4 heteroatoms. The number of para-hydroxylation sites is 1. The van der Waals surface area contributed by atoms with Crippen LogP contribution >= 0.6 is 0 Å². The first-order valence-corrected chi connectivity index (χ1v) is 8.51. The van der Waals surface area contributed by atoms with Crippen molar-refractivity contribution in [2.24, 2.45) is 11.8 Å². The van der Waals surface area contributed by atoms with Crippen molar-refractivity contribution in [1.29, 1.82) is 0 Å². The van der Waals surface area contributed by atoms with Crippen molar-refractivity contribution < 1.29 is 4.79 Å². The van der Waals surface area contributed by atoms with E-state index in [2.05, 4.69) is 16.8 Å². The summed E-state index contributed by atoms with van der Waals surface area (Å²) >= 11 is 0. The smallest absolute Gasteiger partial charge is 0.244 e. The van der Waals surface area contributed by atoms with E-state index in [1.54, 1.807) is 0 Å². The van der Waals surface area contributed by atoms with Crippen LogP contribution in [0.15, 0.2) is 30.3 Å². The molecule has 0 bridgehead atoms. The maximum absolute atomic E-state index is 12.8. The summed E-state index contributed by atoms with van der Waals surface area (Å²) in [4.78, 5) is 19.7. The quantitative estimate of drug-likeness (QED) is 0.831. The molecule has 0 N–H and O–H groups in total. The predicted molar refractivity (Wildman–Crippen MR) is 87.9 cm³/mol. The summed E-state index contributed by atoms with van der Waals surface area (Å²) in [7, 11) is 2.22. The van der Waals surface area contributed by atoms with Crippen molar-refractivity contribution >= 4 is 11.6 Å². The largest absolute Gasteiger partial charge is 0.311 e. The molecule has 1 aromatic rings. The van der Waals surface area contributed by atoms with Crippen LogP contribution in [0.25, 0.3) is 0 Å². The van der Waals surface area contributed by atoms with Gasteiger partial charge in [0.1, 0.15) is 0 Å². The number of amides is 1. The maximum Gasteiger partial charge on any atom is 0.244 e. The normalized spacial score (nSPS) is 33.4. The first-order chi connectivity index (χ1) is 10.7. The molecule has 0 radical (unpaired) electrons. The van der Waals surface area contributed by atoms with Crippen LogP contribution in [0.1, 0.15) is 12.8 Å². The van der Waals surface area contributed by atoms with Gasteiger partial charge in [-0.05, 0) is 50.4 Å². The van der Waals surface area contributed by atoms with Crippen molar-refractivity contribution in [3.63, 3.8) is 0 Å². The molecule has 4 nitrogen and oxygen atoms in total. The van der Waals surface area contributed by atoms with Crippen LogP contribution in [-0.2, 0) is 4.79 Å². The van der Waals surface area contributed by atoms with E-state index < -0.39 is 0 Å². The van der Waals surface area contributed by atoms with Crippen LogP contribution in [0, 0.1) is 11.8 Å². The van der Waals surface area contributed by atoms with Crippen LogP contribution in [0.5, 0.6) is 0 Å². The lowest BCUT2D eigenvalue weighted by atomic mass is 9.89. The standard InChI is InChI=1S/C18H25N3O/c1-19-9-7-14-12-20(13-15(14)11-19)17-8-10-21(18(17)22)16-5-3-2-4-6-16/h2-6,14-15,17H,7-13H2,1H3/t14-,15+,17+/m0/s1. The second-order valence-corrected chi connectivity index (χ2v) is 7.15. The molecule has 3 atom stereocenters. The fraction of sp³-hybridized carbons (Fsp3) is 0.611. The number of hydrogen-bond donors (Lipinski definition) is 0. The van der Waals surface area contributed by atoms with Crippen molar-refractivity contribution in [2.75, 3.05) is 44.7 Å². The van der Waals surface area contributed by atoms with E-state index >= 15 is 0 Å². The van der Waals surface area contributed by atoms with Gasteiger partial charge in [0, 0.05) is 31.9 Å². The summed E-state index contributed by atoms with van der Waals surface area (Å²) in [6.07, 6.45) is 2.27. The van der Waals surface area contributed by atoms with Gasteiger partial charge in [-0.15, -0.1) is 0 Å². The topological polar surface area (TPSA) is 26.8 Å². The van der Waals surface area contributed by atoms with Gasteiger partial charge in [-0.1, -0.05) is 18.2 Å². The van der Waals surface area contributed by atoms with E-state index in [-0.39, 0.29) is 6.04 Å². The lowest BCUT2D eigenvalue weighted by Gasteiger charge is -2.31. The summed E-state index contributed by atoms with van der Waals surface area (Å²) < 4.78 is 0. The van der Waals surface area contributed by atoms with Gasteiger partial charge in [-0.2, -0.15) is 0 Å². The number of nitrogens with zero attached hydrogens (tertiary/aromatic N) is 3. The number of anilines is 1. The molecule has 1 aromatic carbocycles. The molecule has 4 rings (SSSR count). The van der Waals surface area contributed by atoms with Gasteiger partial charge >= 0.3 is 0 Å². The number of fused-ring (bicyclic) bond motifs is 1. The monoisotopic (exact) mass is 299 g/mol. The van der Waals surface area contributed by atoms with Gasteiger partial charge in [-0.25, -0.2) is 0 Å². The highest BCUT2D eigenvalue weighted by Crippen LogP contribution is 2.34. The van der Waals surface area contributed by atoms with Crippen LogP contribution in [0.3, 0.4) is 0 Å². The zero-order valence-electron chi connectivity index (χ0n) is 13.3. The molecule has 3 heterocycles. The van der Waals surface area contributed by atoms with Crippen molar-refractivity contribution in [1.82, 2.24) is 9.80 Å². The SMILES string of the molecule is CN1CC[C@H]2CN([C@@H]3CCN(c4ccccc4)C3=O)C[C@H]2C1. The molecule has 0 aliphatic carbocycles. The van der Waals surface area contributed by atoms with E-state index in [4.69, 9.17) is 0 Å². The number of hydrogen-bond acceptors (Lipinski definition) is 3. The van der Waals surface area contributed by atoms with Crippen LogP contribution < -0.4 is 4.90 Å². The Balaban J connectivity index is 1.45. The number of rotatable bonds is 2. The minimum atomic E-state index is 0.108. The number of piperidine rings is 1. The number of likely N-dealkylation sites (tertiary alicyclic amines) is 2. The van der Waals surface area contributed by atoms with Crippen molar-refractivity contribution in [3.05, 3.63) is 30.3 Å². The zero-order chi connectivity index (χ0) is 15.1. The van der Waals surface area contributed by atoms with Crippen LogP contribution in [0.4, 0.5) is 5.69 Å². The van der Waals surface area contributed by atoms with Gasteiger partial charge in [0.2, 0.25) is 5.91 Å². The fourth-order valence-electron chi connectivity index (χ4n) is 4.51. The molecule has 3 saturated heterocycles. The van der Waals surface area contributed by atoms with Gasteiger partial charge in [0.25, 0.3) is 0 Å². The Morgan fingerprint density at radius 2 is 1.73 bits per heavy atom. The molecule has 22 heavy (non-hydrogen) atoms. The lowest BCUT2D eigenvalue weighted by Crippen LogP contribution is -2.41. The molecule has 0 spiro atoms. The molecule has 0 aromatic heterocycles. The van der Waals surface area contributed by atoms with Crippen molar-refractivity contribution in [2.45, 2.75) is 18.9 Å². The highest BCUT2D eigenvalue weighted by atomic mass is 16.2. The lowest BCUT2D eigenvalue weighted by molar-refractivity contribution is -0.121. The third-order valence-corrected chi connectivity index (χ3v) is 5.72. The Kier molecular flexibility index (Phi) is 3.66. The van der Waals surface area contributed by atoms with Gasteiger partial charge in [-0.3, -0.25) is 9.69 Å². The summed E-state index contributed by atoms with van der Waals surface area (Å²) in [5.41, 5.74) is 1.05. The molecule has 3 fully saturated rings. The first kappa shape index (κ1) is 14.2. The summed E-state index contributed by atoms with van der Waals surface area (Å²) in [5.74, 6) is 1.87. The average molecular weight is 299 g/mol. The Labute approximate surface area is 132 Å². The predicted octanol–water partition coefficient (Wildman–Crippen LogP) is 1.68. The Hall–Kier alpha value is -1.39. The number of carbonyl (C=O) groups excluding carboxylic acids is 1. The van der Waals surface area contributed by atoms with Gasteiger partial charge in [0.15, 0.2) is 0 Å². The van der Waals surface area contributed by atoms with E-state index in [1.807, 2.05) is 35.2 Å². The molecule has 0 unspecified atom stereocenters. The second kappa shape index (κ2) is 5.67. The maximum atomic E-state index is 12.8. The Morgan fingerprint density at radius 3 is 2.55 bits per heavy atom. The van der Waals surface area contributed by atoms with Gasteiger partial charge in [0.05, 0.1) is 6.04 Å². The zero-order valence-corrected chi connectivity index (χ0v) is 13.3. The molecule has 3 aliphatic heterocycles. The fourth-order valence-corrected chi connectivity index (χ4v) is 4.51. The molecule has 1 amide bonds. The summed E-state index contributed by atoms with van der Waals surface area (Å²) in [5, 5.41) is 0. The van der Waals surface area contributed by atoms with Crippen LogP contribution in [0.2, 0.25) is 0 Å². The first-order valence-electron chi connectivity index (χ1n) is 8.51. The molecular formula is C18H25N3O. The molecular weight excluding hydrogens is 274 g/mol. The highest BCUT2D eigenvalue weighted by Gasteiger charge is 2.43. The highest BCUT2D eigenvalue weighted by molar-refractivity contribution is 5.99. The van der Waals surface area contributed by atoms with Crippen molar-refractivity contribution in [3.8, 4) is 0 Å². The number of carbonyl (C=O) groups is 1. The molecule has 0 saturated carbocycles. The minimum absolute atomic E-state index is 0.108. The van der Waals surface area contributed by atoms with Gasteiger partial charge < -0.3 is 9.80 Å². The average Bonchev–Trinajstić information content (AvgIpc) is 3.10.